The molecule has 0 aliphatic heterocycles. The van der Waals surface area contributed by atoms with Crippen molar-refractivity contribution in [1.29, 1.82) is 0 Å². The van der Waals surface area contributed by atoms with Gasteiger partial charge >= 0.3 is 0 Å². The summed E-state index contributed by atoms with van der Waals surface area (Å²) in [6.07, 6.45) is 7.45. The Morgan fingerprint density at radius 1 is 1.44 bits per heavy atom. The molecule has 1 amide bonds. The molecule has 0 unspecified atom stereocenters. The fraction of sp³-hybridized carbons (Fsp3) is 0.615. The number of carbonyl (C=O) groups excluding carboxylic acids is 1. The highest BCUT2D eigenvalue weighted by atomic mass is 16.5. The molecule has 3 rings (SSSR count). The molecule has 0 radical (unpaired) electrons. The average molecular weight is 247 g/mol. The Hall–Kier alpha value is -1.65. The molecule has 1 heterocycles. The number of aromatic nitrogens is 2. The summed E-state index contributed by atoms with van der Waals surface area (Å²) >= 11 is 0. The van der Waals surface area contributed by atoms with Crippen LogP contribution in [0.15, 0.2) is 17.2 Å². The zero-order valence-corrected chi connectivity index (χ0v) is 10.3. The Kier molecular flexibility index (Phi) is 2.69. The first-order valence-corrected chi connectivity index (χ1v) is 6.52. The second kappa shape index (κ2) is 4.23. The molecule has 18 heavy (non-hydrogen) atoms. The van der Waals surface area contributed by atoms with Crippen LogP contribution in [-0.2, 0) is 10.3 Å². The molecular weight excluding hydrogens is 230 g/mol. The van der Waals surface area contributed by atoms with Gasteiger partial charge in [0.2, 0.25) is 11.8 Å². The lowest BCUT2D eigenvalue weighted by Crippen LogP contribution is -2.43. The van der Waals surface area contributed by atoms with Gasteiger partial charge in [0.1, 0.15) is 5.54 Å². The van der Waals surface area contributed by atoms with E-state index in [-0.39, 0.29) is 5.91 Å². The van der Waals surface area contributed by atoms with E-state index in [0.717, 1.165) is 44.4 Å². The molecular formula is C13H17N3O2. The zero-order chi connectivity index (χ0) is 12.6. The summed E-state index contributed by atoms with van der Waals surface area (Å²) in [5.74, 6) is 1.63. The highest BCUT2D eigenvalue weighted by Gasteiger charge is 2.42. The van der Waals surface area contributed by atoms with Crippen LogP contribution in [0.1, 0.15) is 56.2 Å². The second-order valence-corrected chi connectivity index (χ2v) is 5.21. The molecule has 0 bridgehead atoms. The van der Waals surface area contributed by atoms with E-state index in [4.69, 9.17) is 4.52 Å². The summed E-state index contributed by atoms with van der Waals surface area (Å²) in [4.78, 5) is 16.1. The minimum absolute atomic E-state index is 0.172. The van der Waals surface area contributed by atoms with E-state index >= 15 is 0 Å². The van der Waals surface area contributed by atoms with Gasteiger partial charge in [-0.15, -0.1) is 0 Å². The molecule has 2 aliphatic carbocycles. The minimum atomic E-state index is -0.443. The number of nitrogens with one attached hydrogen (secondary N) is 1. The molecule has 1 aromatic heterocycles. The summed E-state index contributed by atoms with van der Waals surface area (Å²) in [6.45, 7) is 3.49. The van der Waals surface area contributed by atoms with Crippen LogP contribution in [0, 0.1) is 0 Å². The maximum Gasteiger partial charge on any atom is 0.244 e. The third-order valence-corrected chi connectivity index (χ3v) is 3.80. The van der Waals surface area contributed by atoms with Crippen molar-refractivity contribution in [3.8, 4) is 0 Å². The molecule has 5 nitrogen and oxygen atoms in total. The van der Waals surface area contributed by atoms with Gasteiger partial charge in [-0.25, -0.2) is 0 Å². The van der Waals surface area contributed by atoms with E-state index in [0.29, 0.717) is 11.7 Å². The SMILES string of the molecule is C=CC(=O)NC1(c2noc(C3CC3)n2)CCCC1. The average Bonchev–Trinajstić information content (AvgIpc) is 2.93. The Morgan fingerprint density at radius 2 is 2.17 bits per heavy atom. The van der Waals surface area contributed by atoms with Crippen LogP contribution < -0.4 is 5.32 Å². The van der Waals surface area contributed by atoms with Gasteiger partial charge in [0.05, 0.1) is 0 Å². The summed E-state index contributed by atoms with van der Waals surface area (Å²) < 4.78 is 5.30. The summed E-state index contributed by atoms with van der Waals surface area (Å²) in [7, 11) is 0. The largest absolute Gasteiger partial charge is 0.340 e. The summed E-state index contributed by atoms with van der Waals surface area (Å²) in [6, 6.07) is 0. The molecule has 1 N–H and O–H groups in total. The lowest BCUT2D eigenvalue weighted by atomic mass is 9.96. The van der Waals surface area contributed by atoms with Crippen LogP contribution in [0.2, 0.25) is 0 Å². The van der Waals surface area contributed by atoms with E-state index in [1.807, 2.05) is 0 Å². The van der Waals surface area contributed by atoms with E-state index in [2.05, 4.69) is 22.0 Å². The first-order chi connectivity index (χ1) is 8.73. The van der Waals surface area contributed by atoms with Gasteiger partial charge in [-0.3, -0.25) is 4.79 Å². The molecule has 5 heteroatoms. The molecule has 0 saturated heterocycles. The Bertz CT molecular complexity index is 470. The van der Waals surface area contributed by atoms with Crippen molar-refractivity contribution in [2.75, 3.05) is 0 Å². The van der Waals surface area contributed by atoms with E-state index < -0.39 is 5.54 Å². The van der Waals surface area contributed by atoms with Crippen LogP contribution in [0.25, 0.3) is 0 Å². The Labute approximate surface area is 106 Å². The smallest absolute Gasteiger partial charge is 0.244 e. The lowest BCUT2D eigenvalue weighted by Gasteiger charge is -2.25. The van der Waals surface area contributed by atoms with Crippen LogP contribution in [0.4, 0.5) is 0 Å². The molecule has 0 atom stereocenters. The van der Waals surface area contributed by atoms with Gasteiger partial charge < -0.3 is 9.84 Å². The van der Waals surface area contributed by atoms with Gasteiger partial charge in [0, 0.05) is 5.92 Å². The van der Waals surface area contributed by atoms with Crippen LogP contribution in [-0.4, -0.2) is 16.0 Å². The normalized spacial score (nSPS) is 21.8. The van der Waals surface area contributed by atoms with E-state index in [9.17, 15) is 4.79 Å². The maximum absolute atomic E-state index is 11.6. The van der Waals surface area contributed by atoms with Crippen LogP contribution >= 0.6 is 0 Å². The highest BCUT2D eigenvalue weighted by molar-refractivity contribution is 5.87. The standard InChI is InChI=1S/C13H17N3O2/c1-2-10(17)15-13(7-3-4-8-13)12-14-11(18-16-12)9-5-6-9/h2,9H,1,3-8H2,(H,15,17). The predicted octanol–water partition coefficient (Wildman–Crippen LogP) is 2.02. The van der Waals surface area contributed by atoms with Gasteiger partial charge in [-0.05, 0) is 31.8 Å². The molecule has 2 saturated carbocycles. The third kappa shape index (κ3) is 1.94. The number of nitrogens with zero attached hydrogens (tertiary/aromatic N) is 2. The van der Waals surface area contributed by atoms with E-state index in [1.165, 1.54) is 6.08 Å². The third-order valence-electron chi connectivity index (χ3n) is 3.80. The van der Waals surface area contributed by atoms with Gasteiger partial charge in [-0.2, -0.15) is 4.98 Å². The Balaban J connectivity index is 1.87. The van der Waals surface area contributed by atoms with E-state index in [1.54, 1.807) is 0 Å². The van der Waals surface area contributed by atoms with Crippen LogP contribution in [0.5, 0.6) is 0 Å². The number of amides is 1. The maximum atomic E-state index is 11.6. The monoisotopic (exact) mass is 247 g/mol. The summed E-state index contributed by atoms with van der Waals surface area (Å²) in [5.41, 5.74) is -0.443. The minimum Gasteiger partial charge on any atom is -0.340 e. The van der Waals surface area contributed by atoms with Crippen molar-refractivity contribution in [2.24, 2.45) is 0 Å². The second-order valence-electron chi connectivity index (χ2n) is 5.21. The van der Waals surface area contributed by atoms with Gasteiger partial charge in [0.25, 0.3) is 0 Å². The topological polar surface area (TPSA) is 68.0 Å². The number of rotatable bonds is 4. The first kappa shape index (κ1) is 11.4. The molecule has 0 spiro atoms. The molecule has 2 fully saturated rings. The van der Waals surface area contributed by atoms with Gasteiger partial charge in [0.15, 0.2) is 5.82 Å². The van der Waals surface area contributed by atoms with Gasteiger partial charge in [-0.1, -0.05) is 24.6 Å². The van der Waals surface area contributed by atoms with Crippen molar-refractivity contribution in [3.63, 3.8) is 0 Å². The molecule has 2 aliphatic rings. The fourth-order valence-corrected chi connectivity index (χ4v) is 2.60. The van der Waals surface area contributed by atoms with Crippen molar-refractivity contribution in [2.45, 2.75) is 50.0 Å². The van der Waals surface area contributed by atoms with Crippen molar-refractivity contribution >= 4 is 5.91 Å². The fourth-order valence-electron chi connectivity index (χ4n) is 2.60. The number of carbonyl (C=O) groups is 1. The quantitative estimate of drug-likeness (QED) is 0.826. The lowest BCUT2D eigenvalue weighted by molar-refractivity contribution is -0.118. The van der Waals surface area contributed by atoms with Crippen LogP contribution in [0.3, 0.4) is 0 Å². The van der Waals surface area contributed by atoms with Crippen molar-refractivity contribution in [3.05, 3.63) is 24.4 Å². The molecule has 96 valence electrons. The van der Waals surface area contributed by atoms with Crippen molar-refractivity contribution < 1.29 is 9.32 Å². The molecule has 0 aromatic carbocycles. The molecule has 1 aromatic rings. The zero-order valence-electron chi connectivity index (χ0n) is 10.3. The van der Waals surface area contributed by atoms with Crippen molar-refractivity contribution in [1.82, 2.24) is 15.5 Å². The predicted molar refractivity (Wildman–Crippen MR) is 64.8 cm³/mol. The summed E-state index contributed by atoms with van der Waals surface area (Å²) in [5, 5.41) is 7.07. The highest BCUT2D eigenvalue weighted by Crippen LogP contribution is 2.42. The first-order valence-electron chi connectivity index (χ1n) is 6.52. The number of hydrogen-bond acceptors (Lipinski definition) is 4. The Morgan fingerprint density at radius 3 is 2.78 bits per heavy atom. The number of hydrogen-bond donors (Lipinski definition) is 1.